The van der Waals surface area contributed by atoms with Crippen LogP contribution in [0.25, 0.3) is 0 Å². The molecule has 5 nitrogen and oxygen atoms in total. The molecule has 0 unspecified atom stereocenters. The maximum absolute atomic E-state index is 12.2. The molecule has 0 radical (unpaired) electrons. The molecule has 7 heteroatoms. The van der Waals surface area contributed by atoms with Crippen molar-refractivity contribution in [2.75, 3.05) is 0 Å². The SMILES string of the molecule is Cc1nc(CS(=O)(=O)Cc2ccn(C3CCCC3)n2)cs1. The first-order chi connectivity index (χ1) is 10.0. The second-order valence-corrected chi connectivity index (χ2v) is 8.74. The number of nitrogens with zero attached hydrogens (tertiary/aromatic N) is 3. The van der Waals surface area contributed by atoms with Gasteiger partial charge in [-0.05, 0) is 25.8 Å². The van der Waals surface area contributed by atoms with Gasteiger partial charge in [-0.25, -0.2) is 13.4 Å². The first-order valence-corrected chi connectivity index (χ1v) is 9.87. The van der Waals surface area contributed by atoms with E-state index >= 15 is 0 Å². The average Bonchev–Trinajstić information content (AvgIpc) is 3.09. The fraction of sp³-hybridized carbons (Fsp3) is 0.571. The summed E-state index contributed by atoms with van der Waals surface area (Å²) in [5.74, 6) is -0.0169. The molecule has 1 aliphatic rings. The second kappa shape index (κ2) is 5.88. The van der Waals surface area contributed by atoms with Gasteiger partial charge in [0, 0.05) is 11.6 Å². The Labute approximate surface area is 128 Å². The Kier molecular flexibility index (Phi) is 4.12. The normalized spacial score (nSPS) is 16.6. The van der Waals surface area contributed by atoms with Gasteiger partial charge in [0.15, 0.2) is 9.84 Å². The molecule has 0 aliphatic heterocycles. The van der Waals surface area contributed by atoms with Crippen LogP contribution in [0.5, 0.6) is 0 Å². The molecule has 1 fully saturated rings. The molecule has 2 aromatic heterocycles. The Morgan fingerprint density at radius 1 is 1.29 bits per heavy atom. The molecule has 114 valence electrons. The summed E-state index contributed by atoms with van der Waals surface area (Å²) in [5.41, 5.74) is 1.27. The Balaban J connectivity index is 1.67. The second-order valence-electron chi connectivity index (χ2n) is 5.62. The van der Waals surface area contributed by atoms with E-state index < -0.39 is 9.84 Å². The van der Waals surface area contributed by atoms with Crippen LogP contribution < -0.4 is 0 Å². The fourth-order valence-corrected chi connectivity index (χ4v) is 4.83. The maximum atomic E-state index is 12.2. The Hall–Kier alpha value is -1.21. The summed E-state index contributed by atoms with van der Waals surface area (Å²) in [6.07, 6.45) is 6.68. The van der Waals surface area contributed by atoms with Crippen LogP contribution in [0, 0.1) is 6.92 Å². The lowest BCUT2D eigenvalue weighted by Gasteiger charge is -2.08. The molecule has 0 aromatic carbocycles. The van der Waals surface area contributed by atoms with E-state index in [1.165, 1.54) is 24.2 Å². The van der Waals surface area contributed by atoms with E-state index in [2.05, 4.69) is 10.1 Å². The van der Waals surface area contributed by atoms with Crippen LogP contribution in [-0.4, -0.2) is 23.2 Å². The van der Waals surface area contributed by atoms with Crippen LogP contribution in [-0.2, 0) is 21.3 Å². The predicted octanol–water partition coefficient (Wildman–Crippen LogP) is 2.88. The van der Waals surface area contributed by atoms with Gasteiger partial charge in [0.1, 0.15) is 0 Å². The molecule has 1 aliphatic carbocycles. The van der Waals surface area contributed by atoms with Crippen molar-refractivity contribution >= 4 is 21.2 Å². The van der Waals surface area contributed by atoms with Crippen LogP contribution in [0.1, 0.15) is 48.1 Å². The Morgan fingerprint density at radius 2 is 2.00 bits per heavy atom. The van der Waals surface area contributed by atoms with E-state index in [-0.39, 0.29) is 11.5 Å². The lowest BCUT2D eigenvalue weighted by molar-refractivity contribution is 0.464. The largest absolute Gasteiger partial charge is 0.269 e. The summed E-state index contributed by atoms with van der Waals surface area (Å²) < 4.78 is 26.4. The van der Waals surface area contributed by atoms with Crippen molar-refractivity contribution in [3.63, 3.8) is 0 Å². The minimum absolute atomic E-state index is 0.00632. The van der Waals surface area contributed by atoms with E-state index in [0.29, 0.717) is 17.4 Å². The molecule has 3 rings (SSSR count). The van der Waals surface area contributed by atoms with E-state index in [1.54, 1.807) is 0 Å². The zero-order valence-electron chi connectivity index (χ0n) is 12.0. The van der Waals surface area contributed by atoms with Crippen LogP contribution in [0.2, 0.25) is 0 Å². The minimum Gasteiger partial charge on any atom is -0.269 e. The molecule has 2 heterocycles. The van der Waals surface area contributed by atoms with E-state index in [0.717, 1.165) is 17.8 Å². The molecule has 0 bridgehead atoms. The summed E-state index contributed by atoms with van der Waals surface area (Å²) in [7, 11) is -3.22. The van der Waals surface area contributed by atoms with Crippen molar-refractivity contribution in [3.8, 4) is 0 Å². The third-order valence-electron chi connectivity index (χ3n) is 3.76. The van der Waals surface area contributed by atoms with E-state index in [4.69, 9.17) is 0 Å². The summed E-state index contributed by atoms with van der Waals surface area (Å²) in [6, 6.07) is 2.27. The summed E-state index contributed by atoms with van der Waals surface area (Å²) in [4.78, 5) is 4.22. The number of hydrogen-bond acceptors (Lipinski definition) is 5. The lowest BCUT2D eigenvalue weighted by atomic mass is 10.3. The van der Waals surface area contributed by atoms with Crippen molar-refractivity contribution < 1.29 is 8.42 Å². The molecular formula is C14H19N3O2S2. The monoisotopic (exact) mass is 325 g/mol. The summed E-state index contributed by atoms with van der Waals surface area (Å²) in [5, 5.41) is 7.15. The standard InChI is InChI=1S/C14H19N3O2S2/c1-11-15-13(8-20-11)10-21(18,19)9-12-6-7-17(16-12)14-4-2-3-5-14/h6-8,14H,2-5,9-10H2,1H3. The van der Waals surface area contributed by atoms with Crippen molar-refractivity contribution in [2.24, 2.45) is 0 Å². The molecule has 0 spiro atoms. The van der Waals surface area contributed by atoms with Crippen molar-refractivity contribution in [3.05, 3.63) is 34.0 Å². The van der Waals surface area contributed by atoms with E-state index in [9.17, 15) is 8.42 Å². The van der Waals surface area contributed by atoms with Gasteiger partial charge in [-0.3, -0.25) is 4.68 Å². The molecule has 0 atom stereocenters. The quantitative estimate of drug-likeness (QED) is 0.848. The zero-order valence-corrected chi connectivity index (χ0v) is 13.7. The molecule has 1 saturated carbocycles. The molecule has 21 heavy (non-hydrogen) atoms. The number of thiazole rings is 1. The van der Waals surface area contributed by atoms with Crippen molar-refractivity contribution in [1.82, 2.24) is 14.8 Å². The maximum Gasteiger partial charge on any atom is 0.161 e. The van der Waals surface area contributed by atoms with Gasteiger partial charge < -0.3 is 0 Å². The van der Waals surface area contributed by atoms with Gasteiger partial charge in [-0.15, -0.1) is 11.3 Å². The van der Waals surface area contributed by atoms with Gasteiger partial charge in [0.05, 0.1) is 33.9 Å². The van der Waals surface area contributed by atoms with Crippen molar-refractivity contribution in [1.29, 1.82) is 0 Å². The average molecular weight is 325 g/mol. The minimum atomic E-state index is -3.22. The van der Waals surface area contributed by atoms with Crippen LogP contribution >= 0.6 is 11.3 Å². The van der Waals surface area contributed by atoms with Crippen molar-refractivity contribution in [2.45, 2.75) is 50.2 Å². The van der Waals surface area contributed by atoms with Gasteiger partial charge >= 0.3 is 0 Å². The van der Waals surface area contributed by atoms with Gasteiger partial charge in [0.25, 0.3) is 0 Å². The third-order valence-corrected chi connectivity index (χ3v) is 6.06. The predicted molar refractivity (Wildman–Crippen MR) is 82.9 cm³/mol. The third kappa shape index (κ3) is 3.71. The van der Waals surface area contributed by atoms with Gasteiger partial charge in [0.2, 0.25) is 0 Å². The van der Waals surface area contributed by atoms with Gasteiger partial charge in [-0.2, -0.15) is 5.10 Å². The van der Waals surface area contributed by atoms with Crippen LogP contribution in [0.4, 0.5) is 0 Å². The highest BCUT2D eigenvalue weighted by molar-refractivity contribution is 7.89. The van der Waals surface area contributed by atoms with Gasteiger partial charge in [-0.1, -0.05) is 12.8 Å². The Bertz CT molecular complexity index is 712. The van der Waals surface area contributed by atoms with E-state index in [1.807, 2.05) is 29.2 Å². The molecule has 0 saturated heterocycles. The summed E-state index contributed by atoms with van der Waals surface area (Å²) in [6.45, 7) is 1.88. The smallest absolute Gasteiger partial charge is 0.161 e. The zero-order chi connectivity index (χ0) is 14.9. The van der Waals surface area contributed by atoms with Crippen LogP contribution in [0.15, 0.2) is 17.6 Å². The summed E-state index contributed by atoms with van der Waals surface area (Å²) >= 11 is 1.48. The first kappa shape index (κ1) is 14.7. The highest BCUT2D eigenvalue weighted by Gasteiger charge is 2.20. The number of aromatic nitrogens is 3. The molecule has 0 amide bonds. The molecule has 2 aromatic rings. The topological polar surface area (TPSA) is 64.8 Å². The van der Waals surface area contributed by atoms with Crippen LogP contribution in [0.3, 0.4) is 0 Å². The first-order valence-electron chi connectivity index (χ1n) is 7.17. The molecule has 0 N–H and O–H groups in total. The molecular weight excluding hydrogens is 306 g/mol. The Morgan fingerprint density at radius 3 is 2.67 bits per heavy atom. The fourth-order valence-electron chi connectivity index (χ4n) is 2.80. The highest BCUT2D eigenvalue weighted by Crippen LogP contribution is 2.28. The number of sulfone groups is 1. The number of aryl methyl sites for hydroxylation is 1. The highest BCUT2D eigenvalue weighted by atomic mass is 32.2. The lowest BCUT2D eigenvalue weighted by Crippen LogP contribution is -2.10. The number of hydrogen-bond donors (Lipinski definition) is 0. The number of rotatable bonds is 5.